The summed E-state index contributed by atoms with van der Waals surface area (Å²) in [5.41, 5.74) is 7.05. The van der Waals surface area contributed by atoms with Crippen molar-refractivity contribution in [2.45, 2.75) is 25.7 Å². The van der Waals surface area contributed by atoms with Gasteiger partial charge < -0.3 is 5.73 Å². The van der Waals surface area contributed by atoms with Gasteiger partial charge in [-0.2, -0.15) is 0 Å². The van der Waals surface area contributed by atoms with Gasteiger partial charge in [0.05, 0.1) is 5.69 Å². The van der Waals surface area contributed by atoms with E-state index in [0.717, 1.165) is 25.0 Å². The summed E-state index contributed by atoms with van der Waals surface area (Å²) in [5, 5.41) is 3.29. The summed E-state index contributed by atoms with van der Waals surface area (Å²) < 4.78 is 13.2. The molecule has 0 saturated carbocycles. The molecule has 0 aliphatic heterocycles. The maximum absolute atomic E-state index is 13.2. The third-order valence-electron chi connectivity index (χ3n) is 3.25. The van der Waals surface area contributed by atoms with E-state index < -0.39 is 5.82 Å². The number of benzene rings is 1. The minimum Gasteiger partial charge on any atom is -0.399 e. The van der Waals surface area contributed by atoms with Gasteiger partial charge in [0.15, 0.2) is 5.13 Å². The summed E-state index contributed by atoms with van der Waals surface area (Å²) in [6.07, 6.45) is 4.30. The molecule has 0 saturated heterocycles. The fraction of sp³-hybridized carbons (Fsp3) is 0.286. The molecule has 6 heteroatoms. The number of aromatic nitrogens is 1. The van der Waals surface area contributed by atoms with Crippen molar-refractivity contribution >= 4 is 28.1 Å². The number of nitrogens with zero attached hydrogens (tertiary/aromatic N) is 1. The molecular weight excluding hydrogens is 277 g/mol. The summed E-state index contributed by atoms with van der Waals surface area (Å²) in [6, 6.07) is 3.80. The monoisotopic (exact) mass is 291 g/mol. The van der Waals surface area contributed by atoms with Crippen molar-refractivity contribution in [3.63, 3.8) is 0 Å². The second-order valence-corrected chi connectivity index (χ2v) is 5.91. The van der Waals surface area contributed by atoms with E-state index in [2.05, 4.69) is 10.3 Å². The Kier molecular flexibility index (Phi) is 3.40. The summed E-state index contributed by atoms with van der Waals surface area (Å²) in [6.45, 7) is 0. The first-order valence-corrected chi connectivity index (χ1v) is 7.29. The van der Waals surface area contributed by atoms with E-state index in [0.29, 0.717) is 5.13 Å². The maximum Gasteiger partial charge on any atom is 0.257 e. The molecule has 104 valence electrons. The van der Waals surface area contributed by atoms with Crippen LogP contribution in [-0.4, -0.2) is 10.9 Å². The Balaban J connectivity index is 1.80. The first-order valence-electron chi connectivity index (χ1n) is 6.48. The van der Waals surface area contributed by atoms with E-state index in [-0.39, 0.29) is 17.2 Å². The van der Waals surface area contributed by atoms with Crippen LogP contribution in [0.2, 0.25) is 0 Å². The normalized spacial score (nSPS) is 13.8. The number of thiazole rings is 1. The van der Waals surface area contributed by atoms with Crippen LogP contribution in [0.25, 0.3) is 0 Å². The van der Waals surface area contributed by atoms with Crippen LogP contribution in [-0.2, 0) is 12.8 Å². The molecule has 3 rings (SSSR count). The van der Waals surface area contributed by atoms with E-state index in [9.17, 15) is 9.18 Å². The minimum atomic E-state index is -0.520. The molecule has 3 N–H and O–H groups in total. The van der Waals surface area contributed by atoms with Crippen molar-refractivity contribution < 1.29 is 9.18 Å². The molecule has 1 aliphatic carbocycles. The highest BCUT2D eigenvalue weighted by Crippen LogP contribution is 2.29. The molecule has 1 heterocycles. The van der Waals surface area contributed by atoms with Crippen molar-refractivity contribution in [1.82, 2.24) is 4.98 Å². The van der Waals surface area contributed by atoms with Gasteiger partial charge in [0, 0.05) is 16.1 Å². The first kappa shape index (κ1) is 13.1. The Morgan fingerprint density at radius 1 is 1.30 bits per heavy atom. The Morgan fingerprint density at radius 3 is 2.85 bits per heavy atom. The average molecular weight is 291 g/mol. The Hall–Kier alpha value is -1.95. The van der Waals surface area contributed by atoms with Crippen LogP contribution in [0.5, 0.6) is 0 Å². The number of nitrogens with one attached hydrogen (secondary N) is 1. The van der Waals surface area contributed by atoms with Gasteiger partial charge >= 0.3 is 0 Å². The molecule has 0 radical (unpaired) electrons. The molecular formula is C14H14FN3OS. The Bertz CT molecular complexity index is 625. The highest BCUT2D eigenvalue weighted by molar-refractivity contribution is 7.15. The third-order valence-corrected chi connectivity index (χ3v) is 4.32. The number of halogens is 1. The summed E-state index contributed by atoms with van der Waals surface area (Å²) >= 11 is 1.50. The van der Waals surface area contributed by atoms with Gasteiger partial charge in [-0.1, -0.05) is 0 Å². The third kappa shape index (κ3) is 2.65. The molecule has 1 aliphatic rings. The fourth-order valence-electron chi connectivity index (χ4n) is 2.32. The standard InChI is InChI=1S/C14H14FN3OS/c15-9-5-8(6-10(16)7-9)13(19)18-14-17-11-3-1-2-4-12(11)20-14/h5-7H,1-4,16H2,(H,17,18,19). The van der Waals surface area contributed by atoms with Gasteiger partial charge in [-0.15, -0.1) is 11.3 Å². The smallest absolute Gasteiger partial charge is 0.257 e. The number of nitrogens with two attached hydrogens (primary N) is 1. The summed E-state index contributed by atoms with van der Waals surface area (Å²) in [5.74, 6) is -0.907. The molecule has 4 nitrogen and oxygen atoms in total. The summed E-state index contributed by atoms with van der Waals surface area (Å²) in [7, 11) is 0. The number of rotatable bonds is 2. The number of anilines is 2. The zero-order chi connectivity index (χ0) is 14.1. The van der Waals surface area contributed by atoms with Crippen LogP contribution in [0.3, 0.4) is 0 Å². The highest BCUT2D eigenvalue weighted by atomic mass is 32.1. The number of carbonyl (C=O) groups is 1. The number of aryl methyl sites for hydroxylation is 2. The van der Waals surface area contributed by atoms with Crippen LogP contribution < -0.4 is 11.1 Å². The molecule has 1 amide bonds. The first-order chi connectivity index (χ1) is 9.61. The van der Waals surface area contributed by atoms with Gasteiger partial charge in [-0.3, -0.25) is 10.1 Å². The van der Waals surface area contributed by atoms with Crippen LogP contribution in [0, 0.1) is 5.82 Å². The predicted octanol–water partition coefficient (Wildman–Crippen LogP) is 3.00. The Morgan fingerprint density at radius 2 is 2.10 bits per heavy atom. The van der Waals surface area contributed by atoms with Crippen LogP contribution >= 0.6 is 11.3 Å². The van der Waals surface area contributed by atoms with Crippen molar-refractivity contribution in [2.24, 2.45) is 0 Å². The molecule has 0 spiro atoms. The lowest BCUT2D eigenvalue weighted by Crippen LogP contribution is -2.12. The number of nitrogen functional groups attached to an aromatic ring is 1. The van der Waals surface area contributed by atoms with Gasteiger partial charge in [0.25, 0.3) is 5.91 Å². The van der Waals surface area contributed by atoms with E-state index in [1.54, 1.807) is 0 Å². The van der Waals surface area contributed by atoms with Crippen LogP contribution in [0.4, 0.5) is 15.2 Å². The number of carbonyl (C=O) groups excluding carboxylic acids is 1. The highest BCUT2D eigenvalue weighted by Gasteiger charge is 2.17. The number of hydrogen-bond donors (Lipinski definition) is 2. The van der Waals surface area contributed by atoms with Crippen molar-refractivity contribution in [3.05, 3.63) is 40.2 Å². The molecule has 1 aromatic carbocycles. The lowest BCUT2D eigenvalue weighted by Gasteiger charge is -2.06. The molecule has 0 bridgehead atoms. The quantitative estimate of drug-likeness (QED) is 0.836. The van der Waals surface area contributed by atoms with E-state index >= 15 is 0 Å². The molecule has 0 atom stereocenters. The second kappa shape index (κ2) is 5.20. The topological polar surface area (TPSA) is 68.0 Å². The van der Waals surface area contributed by atoms with E-state index in [4.69, 9.17) is 5.73 Å². The molecule has 20 heavy (non-hydrogen) atoms. The van der Waals surface area contributed by atoms with Gasteiger partial charge in [0.2, 0.25) is 0 Å². The zero-order valence-electron chi connectivity index (χ0n) is 10.8. The second-order valence-electron chi connectivity index (χ2n) is 4.82. The lowest BCUT2D eigenvalue weighted by molar-refractivity contribution is 0.102. The van der Waals surface area contributed by atoms with E-state index in [1.807, 2.05) is 0 Å². The average Bonchev–Trinajstić information content (AvgIpc) is 2.79. The van der Waals surface area contributed by atoms with Crippen molar-refractivity contribution in [3.8, 4) is 0 Å². The largest absolute Gasteiger partial charge is 0.399 e. The molecule has 0 fully saturated rings. The predicted molar refractivity (Wildman–Crippen MR) is 77.5 cm³/mol. The maximum atomic E-state index is 13.2. The van der Waals surface area contributed by atoms with Crippen molar-refractivity contribution in [2.75, 3.05) is 11.1 Å². The Labute approximate surface area is 119 Å². The minimum absolute atomic E-state index is 0.204. The van der Waals surface area contributed by atoms with Gasteiger partial charge in [-0.05, 0) is 43.9 Å². The number of amides is 1. The summed E-state index contributed by atoms with van der Waals surface area (Å²) in [4.78, 5) is 17.7. The zero-order valence-corrected chi connectivity index (χ0v) is 11.6. The van der Waals surface area contributed by atoms with Crippen LogP contribution in [0.15, 0.2) is 18.2 Å². The molecule has 0 unspecified atom stereocenters. The van der Waals surface area contributed by atoms with Gasteiger partial charge in [0.1, 0.15) is 5.82 Å². The lowest BCUT2D eigenvalue weighted by atomic mass is 10.0. The molecule has 1 aromatic heterocycles. The van der Waals surface area contributed by atoms with Gasteiger partial charge in [-0.25, -0.2) is 9.37 Å². The number of hydrogen-bond acceptors (Lipinski definition) is 4. The SMILES string of the molecule is Nc1cc(F)cc(C(=O)Nc2nc3c(s2)CCCC3)c1. The molecule has 2 aromatic rings. The van der Waals surface area contributed by atoms with E-state index in [1.165, 1.54) is 40.8 Å². The van der Waals surface area contributed by atoms with Crippen molar-refractivity contribution in [1.29, 1.82) is 0 Å². The number of fused-ring (bicyclic) bond motifs is 1. The van der Waals surface area contributed by atoms with Crippen LogP contribution in [0.1, 0.15) is 33.8 Å². The fourth-order valence-corrected chi connectivity index (χ4v) is 3.36.